The van der Waals surface area contributed by atoms with Gasteiger partial charge in [-0.25, -0.2) is 44.9 Å². The van der Waals surface area contributed by atoms with Crippen LogP contribution in [-0.4, -0.2) is 44.9 Å². The van der Waals surface area contributed by atoms with Crippen molar-refractivity contribution in [1.29, 1.82) is 0 Å². The Balaban J connectivity index is 0.000000111. The van der Waals surface area contributed by atoms with E-state index in [4.69, 9.17) is 78.7 Å². The van der Waals surface area contributed by atoms with Gasteiger partial charge in [-0.1, -0.05) is 248 Å². The number of hydrogen-bond acceptors (Lipinski definition) is 15. The molecular formula is C111H63N9O3S3. The van der Waals surface area contributed by atoms with Gasteiger partial charge in [-0.2, -0.15) is 0 Å². The lowest BCUT2D eigenvalue weighted by Crippen LogP contribution is -2.00. The largest absolute Gasteiger partial charge is 0.456 e. The Morgan fingerprint density at radius 3 is 0.960 bits per heavy atom. The summed E-state index contributed by atoms with van der Waals surface area (Å²) in [4.78, 5) is 43.1. The fraction of sp³-hybridized carbons (Fsp3) is 0. The van der Waals surface area contributed by atoms with Crippen LogP contribution in [0.1, 0.15) is 20.6 Å². The Morgan fingerprint density at radius 2 is 0.484 bits per heavy atom. The second-order valence-corrected chi connectivity index (χ2v) is 33.6. The van der Waals surface area contributed by atoms with E-state index in [-0.39, 0.29) is 76.2 Å². The molecule has 0 aliphatic rings. The lowest BCUT2D eigenvalue weighted by molar-refractivity contribution is 0.669. The minimum Gasteiger partial charge on any atom is -0.456 e. The summed E-state index contributed by atoms with van der Waals surface area (Å²) in [5, 5.41) is 18.8. The summed E-state index contributed by atoms with van der Waals surface area (Å²) in [5.41, 5.74) is 8.03. The molecule has 0 saturated heterocycles. The topological polar surface area (TPSA) is 155 Å². The van der Waals surface area contributed by atoms with E-state index in [1.165, 1.54) is 19.5 Å². The van der Waals surface area contributed by atoms with Gasteiger partial charge in [-0.05, 0) is 166 Å². The Kier molecular flexibility index (Phi) is 13.9. The first-order valence-corrected chi connectivity index (χ1v) is 42.8. The fourth-order valence-corrected chi connectivity index (χ4v) is 20.1. The summed E-state index contributed by atoms with van der Waals surface area (Å²) >= 11 is 5.08. The van der Waals surface area contributed by atoms with Gasteiger partial charge in [-0.3, -0.25) is 0 Å². The molecule has 0 amide bonds. The van der Waals surface area contributed by atoms with Gasteiger partial charge < -0.3 is 13.3 Å². The number of fused-ring (bicyclic) bond motifs is 21. The number of benzene rings is 18. The molecule has 0 unspecified atom stereocenters. The molecule has 0 aliphatic carbocycles. The van der Waals surface area contributed by atoms with Gasteiger partial charge in [0.05, 0.1) is 26.1 Å². The second kappa shape index (κ2) is 29.9. The normalized spacial score (nSPS) is 13.5. The van der Waals surface area contributed by atoms with Crippen molar-refractivity contribution >= 4 is 193 Å². The van der Waals surface area contributed by atoms with E-state index in [1.807, 2.05) is 206 Å². The SMILES string of the molecule is [2H]c1c([2H])c([2H])c(-c2nc(-c3ccc4c(c3)oc3cc5ccccc5cc34)nc(-c3ccc4sc5ccccc5c4c3)n2)c([2H])c1[2H].[2H]c1c([2H])c([2H])c(-c2nc(-c3ccc4c(c3)sc3ccccc34)nc(-c3cccc4c3oc3cc5ccccc5cc34)n2)c([2H])c1[2H].[2H]c1c([2H])c([2H])c(-c2nc(-c3ccc4oc5cc6ccccc6cc5c4c3)nc(-c3ccc4sc5ccccc5c4c3)n2)c([2H])c1[2H]. The summed E-state index contributed by atoms with van der Waals surface area (Å²) in [6.45, 7) is 0. The predicted molar refractivity (Wildman–Crippen MR) is 521 cm³/mol. The second-order valence-electron chi connectivity index (χ2n) is 30.3. The molecular weight excluding hydrogens is 1600 g/mol. The number of aromatic nitrogens is 9. The van der Waals surface area contributed by atoms with Crippen LogP contribution >= 0.6 is 34.0 Å². The van der Waals surface area contributed by atoms with Crippen LogP contribution in [0.4, 0.5) is 0 Å². The number of furan rings is 3. The van der Waals surface area contributed by atoms with Gasteiger partial charge in [0.2, 0.25) is 0 Å². The zero-order valence-electron chi connectivity index (χ0n) is 80.7. The molecule has 27 rings (SSSR count). The van der Waals surface area contributed by atoms with Crippen LogP contribution in [-0.2, 0) is 0 Å². The van der Waals surface area contributed by atoms with Crippen LogP contribution in [0.3, 0.4) is 0 Å². The molecule has 0 aliphatic heterocycles. The first kappa shape index (κ1) is 58.7. The van der Waals surface area contributed by atoms with Crippen LogP contribution < -0.4 is 0 Å². The summed E-state index contributed by atoms with van der Waals surface area (Å²) in [6.07, 6.45) is 0. The van der Waals surface area contributed by atoms with E-state index in [1.54, 1.807) is 34.0 Å². The first-order valence-electron chi connectivity index (χ1n) is 47.8. The lowest BCUT2D eigenvalue weighted by atomic mass is 10.0. The number of para-hydroxylation sites is 1. The molecule has 0 spiro atoms. The standard InChI is InChI=1S/3C37H21N3OS/c1-2-9-22(10-3-1)35-38-36(25-17-18-27-26-13-6-7-16-32(26)42-33(27)21-25)40-37(39-35)29-15-8-14-28-30-19-23-11-4-5-12-24(23)20-31(30)41-34(28)29;1-2-8-22(9-3-1)35-38-36(40-37(39-35)26-15-17-34-30(20-26)27-12-6-7-13-33(27)42-34)25-14-16-31-28(19-25)29-18-23-10-4-5-11-24(23)21-32(29)41-31;1-2-8-22(9-3-1)35-38-36(25-15-17-34-30(19-25)28-12-6-7-13-33(28)42-34)40-37(39-35)26-14-16-27-29-18-23-10-4-5-11-24(23)20-32(29)41-31(27)21-26/h3*1-21H/i1D,2D,3D,9D,10D;2*1D,2D,3D,8D,9D. The zero-order chi connectivity index (χ0) is 95.9. The van der Waals surface area contributed by atoms with Gasteiger partial charge in [0.15, 0.2) is 52.4 Å². The molecule has 15 heteroatoms. The predicted octanol–water partition coefficient (Wildman–Crippen LogP) is 30.9. The van der Waals surface area contributed by atoms with E-state index in [0.29, 0.717) is 68.1 Å². The maximum atomic E-state index is 8.68. The van der Waals surface area contributed by atoms with Gasteiger partial charge in [0.25, 0.3) is 0 Å². The Morgan fingerprint density at radius 1 is 0.183 bits per heavy atom. The van der Waals surface area contributed by atoms with Crippen LogP contribution in [0.5, 0.6) is 0 Å². The number of rotatable bonds is 9. The maximum absolute atomic E-state index is 8.68. The van der Waals surface area contributed by atoms with Crippen LogP contribution in [0.2, 0.25) is 0 Å². The fourth-order valence-electron chi connectivity index (χ4n) is 16.8. The molecule has 126 heavy (non-hydrogen) atoms. The molecule has 0 saturated carbocycles. The summed E-state index contributed by atoms with van der Waals surface area (Å²) in [5.74, 6) is 1.81. The highest BCUT2D eigenvalue weighted by molar-refractivity contribution is 7.26. The highest BCUT2D eigenvalue weighted by atomic mass is 32.1. The third-order valence-corrected chi connectivity index (χ3v) is 26.2. The minimum absolute atomic E-state index is 0.000385. The zero-order valence-corrected chi connectivity index (χ0v) is 68.1. The molecule has 0 bridgehead atoms. The number of hydrogen-bond donors (Lipinski definition) is 0. The maximum Gasteiger partial charge on any atom is 0.167 e. The van der Waals surface area contributed by atoms with Crippen LogP contribution in [0.15, 0.2) is 395 Å². The van der Waals surface area contributed by atoms with Crippen LogP contribution in [0.25, 0.3) is 261 Å². The van der Waals surface area contributed by atoms with Crippen molar-refractivity contribution in [2.24, 2.45) is 0 Å². The monoisotopic (exact) mass is 1680 g/mol. The van der Waals surface area contributed by atoms with E-state index in [9.17, 15) is 0 Å². The van der Waals surface area contributed by atoms with Crippen molar-refractivity contribution in [2.75, 3.05) is 0 Å². The average molecular weight is 1680 g/mol. The Hall–Kier alpha value is -16.2. The van der Waals surface area contributed by atoms with Crippen molar-refractivity contribution in [3.63, 3.8) is 0 Å². The number of thiophene rings is 3. The molecule has 18 aromatic carbocycles. The van der Waals surface area contributed by atoms with Gasteiger partial charge in [0, 0.05) is 137 Å². The molecule has 0 atom stereocenters. The van der Waals surface area contributed by atoms with E-state index >= 15 is 0 Å². The van der Waals surface area contributed by atoms with Crippen molar-refractivity contribution in [2.45, 2.75) is 0 Å². The van der Waals surface area contributed by atoms with Crippen LogP contribution in [0, 0.1) is 0 Å². The van der Waals surface area contributed by atoms with E-state index in [0.717, 1.165) is 134 Å². The van der Waals surface area contributed by atoms with Crippen molar-refractivity contribution in [3.05, 3.63) is 382 Å². The first-order chi connectivity index (χ1) is 68.5. The molecule has 27 aromatic rings. The van der Waals surface area contributed by atoms with Gasteiger partial charge in [0.1, 0.15) is 33.5 Å². The van der Waals surface area contributed by atoms with Crippen molar-refractivity contribution in [1.82, 2.24) is 44.9 Å². The molecule has 0 radical (unpaired) electrons. The molecule has 9 heterocycles. The lowest BCUT2D eigenvalue weighted by Gasteiger charge is -2.09. The van der Waals surface area contributed by atoms with Gasteiger partial charge >= 0.3 is 0 Å². The molecule has 12 nitrogen and oxygen atoms in total. The molecule has 9 aromatic heterocycles. The third-order valence-electron chi connectivity index (χ3n) is 22.8. The molecule has 0 fully saturated rings. The van der Waals surface area contributed by atoms with E-state index in [2.05, 4.69) is 84.9 Å². The summed E-state index contributed by atoms with van der Waals surface area (Å²) in [7, 11) is 0. The highest BCUT2D eigenvalue weighted by Crippen LogP contribution is 2.45. The summed E-state index contributed by atoms with van der Waals surface area (Å²) in [6, 6.07) is 90.3. The highest BCUT2D eigenvalue weighted by Gasteiger charge is 2.23. The molecule has 0 N–H and O–H groups in total. The molecule has 588 valence electrons. The van der Waals surface area contributed by atoms with Crippen molar-refractivity contribution < 1.29 is 33.8 Å². The van der Waals surface area contributed by atoms with E-state index < -0.39 is 54.4 Å². The van der Waals surface area contributed by atoms with Gasteiger partial charge in [-0.15, -0.1) is 34.0 Å². The van der Waals surface area contributed by atoms with Crippen molar-refractivity contribution in [3.8, 4) is 102 Å². The summed E-state index contributed by atoms with van der Waals surface area (Å²) < 4.78 is 152. The Labute approximate surface area is 751 Å². The third kappa shape index (κ3) is 12.9. The quantitative estimate of drug-likeness (QED) is 0.135. The number of nitrogens with zero attached hydrogens (tertiary/aromatic N) is 9. The minimum atomic E-state index is -0.479. The average Bonchev–Trinajstić information content (AvgIpc) is 1.67. The Bertz CT molecular complexity index is 10000. The smallest absolute Gasteiger partial charge is 0.167 e.